The maximum atomic E-state index is 13.2. The summed E-state index contributed by atoms with van der Waals surface area (Å²) in [6.07, 6.45) is 3.66. The molecule has 1 aliphatic heterocycles. The van der Waals surface area contributed by atoms with Crippen LogP contribution in [0.1, 0.15) is 24.0 Å². The fourth-order valence-corrected chi connectivity index (χ4v) is 4.65. The van der Waals surface area contributed by atoms with Gasteiger partial charge >= 0.3 is 6.03 Å². The highest BCUT2D eigenvalue weighted by Gasteiger charge is 2.35. The number of nitrogens with zero attached hydrogens (tertiary/aromatic N) is 7. The molecular formula is C28H29N7O4. The van der Waals surface area contributed by atoms with E-state index in [1.165, 1.54) is 22.0 Å². The van der Waals surface area contributed by atoms with Gasteiger partial charge in [0.15, 0.2) is 5.65 Å². The van der Waals surface area contributed by atoms with Crippen molar-refractivity contribution in [3.8, 4) is 17.5 Å². The number of carbonyl (C=O) groups is 1. The number of amides is 2. The van der Waals surface area contributed by atoms with E-state index in [1.54, 1.807) is 35.8 Å². The first kappa shape index (κ1) is 25.9. The molecule has 1 fully saturated rings. The van der Waals surface area contributed by atoms with E-state index >= 15 is 0 Å². The van der Waals surface area contributed by atoms with Crippen molar-refractivity contribution in [1.82, 2.24) is 29.1 Å². The number of hydrogen-bond acceptors (Lipinski definition) is 7. The second-order valence-electron chi connectivity index (χ2n) is 9.95. The molecule has 11 heteroatoms. The van der Waals surface area contributed by atoms with Gasteiger partial charge in [-0.1, -0.05) is 12.1 Å². The van der Waals surface area contributed by atoms with Crippen LogP contribution in [-0.2, 0) is 13.2 Å². The van der Waals surface area contributed by atoms with Gasteiger partial charge in [0.05, 0.1) is 35.7 Å². The third-order valence-electron chi connectivity index (χ3n) is 6.94. The topological polar surface area (TPSA) is 130 Å². The zero-order valence-corrected chi connectivity index (χ0v) is 21.8. The molecular weight excluding hydrogens is 498 g/mol. The van der Waals surface area contributed by atoms with Crippen LogP contribution in [-0.4, -0.2) is 73.1 Å². The lowest BCUT2D eigenvalue weighted by atomic mass is 9.91. The van der Waals surface area contributed by atoms with Crippen LogP contribution in [0.4, 0.5) is 4.79 Å². The summed E-state index contributed by atoms with van der Waals surface area (Å²) in [5.41, 5.74) is 1.30. The van der Waals surface area contributed by atoms with Crippen molar-refractivity contribution in [3.63, 3.8) is 0 Å². The molecule has 0 atom stereocenters. The van der Waals surface area contributed by atoms with Crippen molar-refractivity contribution >= 4 is 17.1 Å². The predicted octanol–water partition coefficient (Wildman–Crippen LogP) is 2.54. The van der Waals surface area contributed by atoms with E-state index in [9.17, 15) is 14.7 Å². The summed E-state index contributed by atoms with van der Waals surface area (Å²) in [5, 5.41) is 24.8. The number of piperidine rings is 1. The lowest BCUT2D eigenvalue weighted by Crippen LogP contribution is -2.51. The number of carbonyl (C=O) groups excluding carboxylic acids is 1. The first-order valence-electron chi connectivity index (χ1n) is 12.6. The zero-order chi connectivity index (χ0) is 27.6. The highest BCUT2D eigenvalue weighted by Crippen LogP contribution is 2.25. The van der Waals surface area contributed by atoms with Crippen molar-refractivity contribution in [1.29, 1.82) is 5.26 Å². The average Bonchev–Trinajstić information content (AvgIpc) is 3.39. The van der Waals surface area contributed by atoms with E-state index in [0.717, 1.165) is 11.3 Å². The van der Waals surface area contributed by atoms with E-state index in [2.05, 4.69) is 16.2 Å². The Labute approximate surface area is 225 Å². The molecule has 5 rings (SSSR count). The Morgan fingerprint density at radius 2 is 1.82 bits per heavy atom. The Kier molecular flexibility index (Phi) is 7.04. The Bertz CT molecular complexity index is 1580. The number of aromatic nitrogens is 4. The maximum absolute atomic E-state index is 13.2. The van der Waals surface area contributed by atoms with Crippen LogP contribution in [0, 0.1) is 11.3 Å². The van der Waals surface area contributed by atoms with Gasteiger partial charge < -0.3 is 19.6 Å². The summed E-state index contributed by atoms with van der Waals surface area (Å²) >= 11 is 0. The van der Waals surface area contributed by atoms with Gasteiger partial charge in [-0.2, -0.15) is 10.4 Å². The number of aliphatic hydroxyl groups is 1. The SMILES string of the molecule is CN(C)C(=O)N1CCC(O)(Cn2cnc3c(cnn3-c3ccc(OCc4ccc(C#N)cc4)cc3)c2=O)CC1. The summed E-state index contributed by atoms with van der Waals surface area (Å²) in [4.78, 5) is 33.1. The molecule has 0 saturated carbocycles. The second-order valence-corrected chi connectivity index (χ2v) is 9.95. The van der Waals surface area contributed by atoms with Crippen LogP contribution < -0.4 is 10.3 Å². The van der Waals surface area contributed by atoms with Gasteiger partial charge in [-0.3, -0.25) is 9.36 Å². The van der Waals surface area contributed by atoms with Crippen molar-refractivity contribution in [2.45, 2.75) is 31.6 Å². The summed E-state index contributed by atoms with van der Waals surface area (Å²) in [6.45, 7) is 1.30. The smallest absolute Gasteiger partial charge is 0.319 e. The van der Waals surface area contributed by atoms with Gasteiger partial charge in [-0.25, -0.2) is 14.5 Å². The molecule has 0 unspecified atom stereocenters. The molecule has 0 bridgehead atoms. The first-order valence-corrected chi connectivity index (χ1v) is 12.6. The second kappa shape index (κ2) is 10.6. The monoisotopic (exact) mass is 527 g/mol. The molecule has 1 aliphatic rings. The normalized spacial score (nSPS) is 14.7. The third-order valence-corrected chi connectivity index (χ3v) is 6.94. The first-order chi connectivity index (χ1) is 18.8. The fraction of sp³-hybridized carbons (Fsp3) is 0.321. The highest BCUT2D eigenvalue weighted by molar-refractivity contribution is 5.75. The van der Waals surface area contributed by atoms with Crippen molar-refractivity contribution in [2.75, 3.05) is 27.2 Å². The van der Waals surface area contributed by atoms with Crippen LogP contribution in [0.2, 0.25) is 0 Å². The molecule has 1 saturated heterocycles. The lowest BCUT2D eigenvalue weighted by molar-refractivity contribution is -0.0282. The minimum Gasteiger partial charge on any atom is -0.489 e. The molecule has 11 nitrogen and oxygen atoms in total. The summed E-state index contributed by atoms with van der Waals surface area (Å²) in [5.74, 6) is 0.668. The van der Waals surface area contributed by atoms with E-state index in [0.29, 0.717) is 54.9 Å². The zero-order valence-electron chi connectivity index (χ0n) is 21.8. The van der Waals surface area contributed by atoms with Crippen LogP contribution in [0.5, 0.6) is 5.75 Å². The number of hydrogen-bond donors (Lipinski definition) is 1. The molecule has 0 spiro atoms. The molecule has 2 aromatic carbocycles. The molecule has 2 aromatic heterocycles. The Balaban J connectivity index is 1.27. The van der Waals surface area contributed by atoms with E-state index in [1.807, 2.05) is 36.4 Å². The summed E-state index contributed by atoms with van der Waals surface area (Å²) in [7, 11) is 3.40. The molecule has 3 heterocycles. The number of ether oxygens (including phenoxy) is 1. The largest absolute Gasteiger partial charge is 0.489 e. The lowest BCUT2D eigenvalue weighted by Gasteiger charge is -2.39. The predicted molar refractivity (Wildman–Crippen MR) is 143 cm³/mol. The van der Waals surface area contributed by atoms with Gasteiger partial charge in [-0.05, 0) is 54.8 Å². The minimum absolute atomic E-state index is 0.0874. The third kappa shape index (κ3) is 5.46. The molecule has 200 valence electrons. The van der Waals surface area contributed by atoms with E-state index in [-0.39, 0.29) is 18.1 Å². The summed E-state index contributed by atoms with van der Waals surface area (Å²) in [6, 6.07) is 16.5. The van der Waals surface area contributed by atoms with Crippen molar-refractivity contribution in [3.05, 3.63) is 82.5 Å². The fourth-order valence-electron chi connectivity index (χ4n) is 4.65. The number of benzene rings is 2. The molecule has 0 aliphatic carbocycles. The van der Waals surface area contributed by atoms with Crippen LogP contribution >= 0.6 is 0 Å². The highest BCUT2D eigenvalue weighted by atomic mass is 16.5. The molecule has 1 N–H and O–H groups in total. The minimum atomic E-state index is -1.11. The van der Waals surface area contributed by atoms with Crippen LogP contribution in [0.25, 0.3) is 16.7 Å². The van der Waals surface area contributed by atoms with Gasteiger partial charge in [0.2, 0.25) is 0 Å². The molecule has 39 heavy (non-hydrogen) atoms. The maximum Gasteiger partial charge on any atom is 0.319 e. The van der Waals surface area contributed by atoms with E-state index in [4.69, 9.17) is 10.00 Å². The van der Waals surface area contributed by atoms with Gasteiger partial charge in [-0.15, -0.1) is 0 Å². The van der Waals surface area contributed by atoms with Crippen molar-refractivity contribution in [2.24, 2.45) is 0 Å². The number of likely N-dealkylation sites (tertiary alicyclic amines) is 1. The summed E-state index contributed by atoms with van der Waals surface area (Å²) < 4.78 is 8.85. The van der Waals surface area contributed by atoms with Gasteiger partial charge in [0.25, 0.3) is 5.56 Å². The van der Waals surface area contributed by atoms with Gasteiger partial charge in [0, 0.05) is 27.2 Å². The van der Waals surface area contributed by atoms with Crippen LogP contribution in [0.15, 0.2) is 65.8 Å². The number of urea groups is 1. The Morgan fingerprint density at radius 1 is 1.13 bits per heavy atom. The molecule has 0 radical (unpaired) electrons. The Hall–Kier alpha value is -4.69. The van der Waals surface area contributed by atoms with Crippen molar-refractivity contribution < 1.29 is 14.6 Å². The molecule has 4 aromatic rings. The number of rotatable bonds is 6. The van der Waals surface area contributed by atoms with Gasteiger partial charge in [0.1, 0.15) is 24.1 Å². The Morgan fingerprint density at radius 3 is 2.46 bits per heavy atom. The quantitative estimate of drug-likeness (QED) is 0.408. The van der Waals surface area contributed by atoms with Crippen LogP contribution in [0.3, 0.4) is 0 Å². The average molecular weight is 528 g/mol. The molecule has 2 amide bonds. The number of nitriles is 1. The standard InChI is InChI=1S/C28H29N7O4/c1-32(2)27(37)33-13-11-28(38,12-14-33)18-34-19-30-25-24(26(34)36)16-31-35(25)22-7-9-23(10-8-22)39-17-21-5-3-20(15-29)4-6-21/h3-10,16,19,38H,11-14,17-18H2,1-2H3. The van der Waals surface area contributed by atoms with E-state index < -0.39 is 5.60 Å². The number of fused-ring (bicyclic) bond motifs is 1.